The van der Waals surface area contributed by atoms with E-state index >= 15 is 0 Å². The Bertz CT molecular complexity index is 416. The molecule has 0 fully saturated rings. The molecule has 1 N–H and O–H groups in total. The summed E-state index contributed by atoms with van der Waals surface area (Å²) in [5, 5.41) is -4.06. The summed E-state index contributed by atoms with van der Waals surface area (Å²) >= 11 is 0. The maximum atomic E-state index is 13.1. The van der Waals surface area contributed by atoms with E-state index in [1.807, 2.05) is 0 Å². The van der Waals surface area contributed by atoms with Gasteiger partial charge >= 0.3 is 5.25 Å². The van der Waals surface area contributed by atoms with Gasteiger partial charge in [0.15, 0.2) is 0 Å². The van der Waals surface area contributed by atoms with Crippen LogP contribution < -0.4 is 4.13 Å². The van der Waals surface area contributed by atoms with Gasteiger partial charge in [0, 0.05) is 6.42 Å². The monoisotopic (exact) mass is 279 g/mol. The Kier molecular flexibility index (Phi) is 5.27. The van der Waals surface area contributed by atoms with Crippen molar-refractivity contribution in [3.05, 3.63) is 0 Å². The van der Waals surface area contributed by atoms with Crippen LogP contribution in [0.4, 0.5) is 8.78 Å². The molecule has 9 heteroatoms. The Morgan fingerprint density at radius 2 is 1.62 bits per heavy atom. The predicted molar refractivity (Wildman–Crippen MR) is 56.0 cm³/mol. The highest BCUT2D eigenvalue weighted by atomic mass is 32.3. The smallest absolute Gasteiger partial charge is 0.211 e. The van der Waals surface area contributed by atoms with Gasteiger partial charge in [-0.2, -0.15) is 8.78 Å². The quantitative estimate of drug-likeness (QED) is 0.755. The Hall–Kier alpha value is -0.280. The lowest BCUT2D eigenvalue weighted by Crippen LogP contribution is -2.43. The van der Waals surface area contributed by atoms with Gasteiger partial charge in [-0.25, -0.2) is 16.8 Å². The van der Waals surface area contributed by atoms with Crippen molar-refractivity contribution in [1.82, 2.24) is 4.13 Å². The van der Waals surface area contributed by atoms with Crippen LogP contribution >= 0.6 is 0 Å². The molecule has 0 aromatic rings. The third-order valence-corrected chi connectivity index (χ3v) is 5.48. The number of halogens is 2. The molecule has 5 nitrogen and oxygen atoms in total. The fraction of sp³-hybridized carbons (Fsp3) is 1.00. The van der Waals surface area contributed by atoms with Crippen LogP contribution in [-0.4, -0.2) is 27.8 Å². The number of nitrogens with one attached hydrogen (secondary N) is 1. The number of unbranched alkanes of at least 4 members (excludes halogenated alkanes) is 1. The molecule has 16 heavy (non-hydrogen) atoms. The summed E-state index contributed by atoms with van der Waals surface area (Å²) in [5.74, 6) is -0.573. The van der Waals surface area contributed by atoms with E-state index < -0.39 is 37.5 Å². The van der Waals surface area contributed by atoms with Crippen LogP contribution in [0.15, 0.2) is 0 Å². The fourth-order valence-electron chi connectivity index (χ4n) is 0.804. The minimum Gasteiger partial charge on any atom is -0.211 e. The molecular weight excluding hydrogens is 264 g/mol. The van der Waals surface area contributed by atoms with Gasteiger partial charge < -0.3 is 0 Å². The van der Waals surface area contributed by atoms with E-state index in [0.29, 0.717) is 6.42 Å². The maximum Gasteiger partial charge on any atom is 0.360 e. The first-order valence-electron chi connectivity index (χ1n) is 4.71. The molecule has 0 aromatic heterocycles. The number of alkyl halides is 2. The van der Waals surface area contributed by atoms with E-state index in [9.17, 15) is 25.6 Å². The summed E-state index contributed by atoms with van der Waals surface area (Å²) < 4.78 is 71.3. The summed E-state index contributed by atoms with van der Waals surface area (Å²) in [6, 6.07) is 0. The van der Waals surface area contributed by atoms with Crippen LogP contribution in [-0.2, 0) is 20.0 Å². The van der Waals surface area contributed by atoms with Crippen molar-refractivity contribution in [2.75, 3.05) is 5.75 Å². The SMILES string of the molecule is CCCCC(F)(F)S(=O)(=O)NS(=O)(=O)CC. The maximum absolute atomic E-state index is 13.1. The molecule has 0 radical (unpaired) electrons. The van der Waals surface area contributed by atoms with Crippen LogP contribution in [0.3, 0.4) is 0 Å². The molecule has 0 aliphatic rings. The molecule has 0 aliphatic carbocycles. The molecule has 98 valence electrons. The van der Waals surface area contributed by atoms with Crippen LogP contribution in [0, 0.1) is 0 Å². The number of hydrogen-bond acceptors (Lipinski definition) is 4. The molecule has 0 bridgehead atoms. The van der Waals surface area contributed by atoms with Crippen LogP contribution in [0.25, 0.3) is 0 Å². The molecule has 0 rings (SSSR count). The number of rotatable bonds is 7. The molecule has 0 atom stereocenters. The van der Waals surface area contributed by atoms with Crippen molar-refractivity contribution < 1.29 is 25.6 Å². The average molecular weight is 279 g/mol. The molecule has 0 unspecified atom stereocenters. The number of sulfonamides is 2. The fourth-order valence-corrected chi connectivity index (χ4v) is 3.51. The zero-order valence-corrected chi connectivity index (χ0v) is 10.7. The number of hydrogen-bond donors (Lipinski definition) is 1. The van der Waals surface area contributed by atoms with Gasteiger partial charge in [0.2, 0.25) is 10.0 Å². The van der Waals surface area contributed by atoms with Gasteiger partial charge in [-0.05, 0) is 13.3 Å². The van der Waals surface area contributed by atoms with Gasteiger partial charge in [-0.3, -0.25) is 0 Å². The van der Waals surface area contributed by atoms with E-state index in [0.717, 1.165) is 11.1 Å². The van der Waals surface area contributed by atoms with Crippen molar-refractivity contribution in [2.24, 2.45) is 0 Å². The lowest BCUT2D eigenvalue weighted by atomic mass is 10.3. The van der Waals surface area contributed by atoms with Crippen LogP contribution in [0.1, 0.15) is 33.1 Å². The normalized spacial score (nSPS) is 14.0. The largest absolute Gasteiger partial charge is 0.360 e. The second-order valence-electron chi connectivity index (χ2n) is 3.23. The molecule has 0 saturated carbocycles. The van der Waals surface area contributed by atoms with Crippen molar-refractivity contribution in [3.8, 4) is 0 Å². The highest BCUT2D eigenvalue weighted by molar-refractivity contribution is 8.05. The minimum atomic E-state index is -5.17. The van der Waals surface area contributed by atoms with Gasteiger partial charge in [-0.15, -0.1) is 4.13 Å². The van der Waals surface area contributed by atoms with Crippen molar-refractivity contribution in [3.63, 3.8) is 0 Å². The van der Waals surface area contributed by atoms with Crippen LogP contribution in [0.5, 0.6) is 0 Å². The minimum absolute atomic E-state index is 0.0000820. The van der Waals surface area contributed by atoms with Gasteiger partial charge in [0.25, 0.3) is 10.0 Å². The lowest BCUT2D eigenvalue weighted by molar-refractivity contribution is 0.0788. The Balaban J connectivity index is 4.93. The molecule has 0 aliphatic heterocycles. The van der Waals surface area contributed by atoms with E-state index in [-0.39, 0.29) is 6.42 Å². The second-order valence-corrected chi connectivity index (χ2v) is 7.31. The van der Waals surface area contributed by atoms with E-state index in [1.54, 1.807) is 6.92 Å². The van der Waals surface area contributed by atoms with Crippen molar-refractivity contribution in [1.29, 1.82) is 0 Å². The molecule has 0 spiro atoms. The average Bonchev–Trinajstić information content (AvgIpc) is 2.13. The summed E-state index contributed by atoms with van der Waals surface area (Å²) in [6.07, 6.45) is -0.496. The molecule has 0 saturated heterocycles. The van der Waals surface area contributed by atoms with Gasteiger partial charge in [0.1, 0.15) is 0 Å². The first kappa shape index (κ1) is 15.7. The zero-order chi connectivity index (χ0) is 13.0. The van der Waals surface area contributed by atoms with Gasteiger partial charge in [-0.1, -0.05) is 13.3 Å². The Morgan fingerprint density at radius 3 is 2.00 bits per heavy atom. The molecule has 0 heterocycles. The molecule has 0 amide bonds. The topological polar surface area (TPSA) is 80.3 Å². The zero-order valence-electron chi connectivity index (χ0n) is 9.03. The second kappa shape index (κ2) is 5.37. The van der Waals surface area contributed by atoms with Crippen molar-refractivity contribution in [2.45, 2.75) is 38.4 Å². The summed E-state index contributed by atoms with van der Waals surface area (Å²) in [6.45, 7) is 2.78. The van der Waals surface area contributed by atoms with Gasteiger partial charge in [0.05, 0.1) is 5.75 Å². The predicted octanol–water partition coefficient (Wildman–Crippen LogP) is 1.04. The Labute approximate surface area is 94.3 Å². The lowest BCUT2D eigenvalue weighted by Gasteiger charge is -2.16. The highest BCUT2D eigenvalue weighted by Gasteiger charge is 2.46. The van der Waals surface area contributed by atoms with E-state index in [1.165, 1.54) is 0 Å². The summed E-state index contributed by atoms with van der Waals surface area (Å²) in [5.41, 5.74) is 0. The van der Waals surface area contributed by atoms with Crippen LogP contribution in [0.2, 0.25) is 0 Å². The first-order chi connectivity index (χ1) is 7.08. The standard InChI is InChI=1S/C7H15F2NO4S2/c1-3-5-6-7(8,9)16(13,14)10-15(11,12)4-2/h10H,3-6H2,1-2H3. The third-order valence-electron chi connectivity index (χ3n) is 1.83. The molecule has 0 aromatic carbocycles. The highest BCUT2D eigenvalue weighted by Crippen LogP contribution is 2.27. The van der Waals surface area contributed by atoms with E-state index in [2.05, 4.69) is 0 Å². The Morgan fingerprint density at radius 1 is 1.12 bits per heavy atom. The van der Waals surface area contributed by atoms with Crippen molar-refractivity contribution >= 4 is 20.0 Å². The first-order valence-corrected chi connectivity index (χ1v) is 7.85. The summed E-state index contributed by atoms with van der Waals surface area (Å²) in [4.78, 5) is 0. The third kappa shape index (κ3) is 4.30. The summed E-state index contributed by atoms with van der Waals surface area (Å²) in [7, 11) is -9.38. The molecular formula is C7H15F2NO4S2. The van der Waals surface area contributed by atoms with E-state index in [4.69, 9.17) is 0 Å².